The second-order valence-corrected chi connectivity index (χ2v) is 4.29. The maximum absolute atomic E-state index is 11.5. The third kappa shape index (κ3) is 3.61. The van der Waals surface area contributed by atoms with Crippen LogP contribution in [0.5, 0.6) is 0 Å². The van der Waals surface area contributed by atoms with E-state index in [0.29, 0.717) is 10.8 Å². The van der Waals surface area contributed by atoms with E-state index in [4.69, 9.17) is 16.0 Å². The monoisotopic (exact) mass is 270 g/mol. The molecule has 1 heterocycles. The number of allylic oxidation sites excluding steroid dienone is 1. The summed E-state index contributed by atoms with van der Waals surface area (Å²) in [5, 5.41) is 0.314. The summed E-state index contributed by atoms with van der Waals surface area (Å²) in [5.74, 6) is 5.95. The molecule has 0 aliphatic carbocycles. The standard InChI is InChI=1S/C16H11ClO2/c1-12-11-15(17)14(16(18)19-12)10-6-5-9-13-7-3-2-4-8-13/h2-5,7-9,11H,1H3/b9-5+. The molecule has 0 radical (unpaired) electrons. The van der Waals surface area contributed by atoms with Crippen LogP contribution in [-0.4, -0.2) is 0 Å². The summed E-state index contributed by atoms with van der Waals surface area (Å²) in [5.41, 5.74) is 0.717. The summed E-state index contributed by atoms with van der Waals surface area (Å²) in [4.78, 5) is 11.5. The Kier molecular flexibility index (Phi) is 4.22. The van der Waals surface area contributed by atoms with Crippen molar-refractivity contribution in [3.8, 4) is 11.8 Å². The van der Waals surface area contributed by atoms with Crippen molar-refractivity contribution in [3.63, 3.8) is 0 Å². The molecule has 0 aliphatic heterocycles. The van der Waals surface area contributed by atoms with Crippen LogP contribution in [0.4, 0.5) is 0 Å². The largest absolute Gasteiger partial charge is 0.427 e. The minimum Gasteiger partial charge on any atom is -0.427 e. The number of hydrogen-bond donors (Lipinski definition) is 0. The van der Waals surface area contributed by atoms with Crippen molar-refractivity contribution in [2.24, 2.45) is 0 Å². The van der Waals surface area contributed by atoms with Gasteiger partial charge in [0, 0.05) is 0 Å². The van der Waals surface area contributed by atoms with E-state index in [1.54, 1.807) is 19.1 Å². The van der Waals surface area contributed by atoms with Crippen LogP contribution in [0.25, 0.3) is 6.08 Å². The van der Waals surface area contributed by atoms with Gasteiger partial charge in [0.05, 0.1) is 5.02 Å². The fraction of sp³-hybridized carbons (Fsp3) is 0.0625. The smallest absolute Gasteiger partial charge is 0.353 e. The number of aryl methyl sites for hydroxylation is 1. The highest BCUT2D eigenvalue weighted by Gasteiger charge is 2.04. The molecule has 0 amide bonds. The quantitative estimate of drug-likeness (QED) is 0.740. The van der Waals surface area contributed by atoms with Crippen molar-refractivity contribution < 1.29 is 4.42 Å². The first kappa shape index (κ1) is 13.2. The zero-order chi connectivity index (χ0) is 13.7. The van der Waals surface area contributed by atoms with Gasteiger partial charge < -0.3 is 4.42 Å². The average Bonchev–Trinajstić information content (AvgIpc) is 2.38. The number of hydrogen-bond acceptors (Lipinski definition) is 2. The predicted octanol–water partition coefficient (Wildman–Crippen LogP) is 3.67. The summed E-state index contributed by atoms with van der Waals surface area (Å²) >= 11 is 5.94. The molecule has 2 nitrogen and oxygen atoms in total. The Hall–Kier alpha value is -2.24. The Bertz CT molecular complexity index is 716. The zero-order valence-electron chi connectivity index (χ0n) is 10.3. The van der Waals surface area contributed by atoms with Gasteiger partial charge in [0.2, 0.25) is 0 Å². The SMILES string of the molecule is Cc1cc(Cl)c(C#C/C=C/c2ccccc2)c(=O)o1. The summed E-state index contributed by atoms with van der Waals surface area (Å²) in [6, 6.07) is 11.3. The normalized spacial score (nSPS) is 10.2. The molecular weight excluding hydrogens is 260 g/mol. The molecule has 1 aromatic carbocycles. The minimum atomic E-state index is -0.509. The van der Waals surface area contributed by atoms with E-state index in [9.17, 15) is 4.79 Å². The third-order valence-corrected chi connectivity index (χ3v) is 2.68. The molecular formula is C16H11ClO2. The Morgan fingerprint density at radius 3 is 2.68 bits per heavy atom. The van der Waals surface area contributed by atoms with E-state index in [0.717, 1.165) is 5.56 Å². The van der Waals surface area contributed by atoms with Crippen molar-refractivity contribution in [2.45, 2.75) is 6.92 Å². The molecule has 3 heteroatoms. The highest BCUT2D eigenvalue weighted by atomic mass is 35.5. The van der Waals surface area contributed by atoms with Crippen LogP contribution >= 0.6 is 11.6 Å². The molecule has 0 fully saturated rings. The lowest BCUT2D eigenvalue weighted by Gasteiger charge is -1.94. The average molecular weight is 271 g/mol. The fourth-order valence-corrected chi connectivity index (χ4v) is 1.78. The first-order valence-electron chi connectivity index (χ1n) is 5.70. The van der Waals surface area contributed by atoms with Gasteiger partial charge in [-0.15, -0.1) is 0 Å². The first-order valence-corrected chi connectivity index (χ1v) is 6.08. The molecule has 0 saturated carbocycles. The first-order chi connectivity index (χ1) is 9.16. The van der Waals surface area contributed by atoms with Gasteiger partial charge in [-0.2, -0.15) is 0 Å². The van der Waals surface area contributed by atoms with E-state index in [1.165, 1.54) is 0 Å². The molecule has 0 bridgehead atoms. The lowest BCUT2D eigenvalue weighted by atomic mass is 10.2. The van der Waals surface area contributed by atoms with E-state index in [-0.39, 0.29) is 5.56 Å². The van der Waals surface area contributed by atoms with Crippen molar-refractivity contribution in [2.75, 3.05) is 0 Å². The van der Waals surface area contributed by atoms with Crippen molar-refractivity contribution in [1.29, 1.82) is 0 Å². The second-order valence-electron chi connectivity index (χ2n) is 3.88. The van der Waals surface area contributed by atoms with Crippen LogP contribution in [0.1, 0.15) is 16.9 Å². The van der Waals surface area contributed by atoms with Gasteiger partial charge >= 0.3 is 5.63 Å². The van der Waals surface area contributed by atoms with E-state index in [2.05, 4.69) is 11.8 Å². The molecule has 0 aliphatic rings. The van der Waals surface area contributed by atoms with Gasteiger partial charge in [-0.3, -0.25) is 0 Å². The molecule has 19 heavy (non-hydrogen) atoms. The maximum atomic E-state index is 11.5. The molecule has 94 valence electrons. The minimum absolute atomic E-state index is 0.185. The van der Waals surface area contributed by atoms with Gasteiger partial charge in [-0.1, -0.05) is 53.8 Å². The Balaban J connectivity index is 2.22. The van der Waals surface area contributed by atoms with Crippen LogP contribution < -0.4 is 5.63 Å². The molecule has 0 N–H and O–H groups in total. The van der Waals surface area contributed by atoms with Crippen LogP contribution in [0.2, 0.25) is 5.02 Å². The molecule has 2 rings (SSSR count). The summed E-state index contributed by atoms with van der Waals surface area (Å²) in [7, 11) is 0. The Morgan fingerprint density at radius 2 is 2.00 bits per heavy atom. The van der Waals surface area contributed by atoms with Gasteiger partial charge in [-0.25, -0.2) is 4.79 Å². The van der Waals surface area contributed by atoms with Gasteiger partial charge in [0.25, 0.3) is 0 Å². The molecule has 0 unspecified atom stereocenters. The molecule has 2 aromatic rings. The maximum Gasteiger partial charge on any atom is 0.353 e. The van der Waals surface area contributed by atoms with E-state index >= 15 is 0 Å². The molecule has 0 saturated heterocycles. The number of rotatable bonds is 1. The van der Waals surface area contributed by atoms with Crippen molar-refractivity contribution in [1.82, 2.24) is 0 Å². The van der Waals surface area contributed by atoms with Crippen LogP contribution in [0, 0.1) is 18.8 Å². The zero-order valence-corrected chi connectivity index (χ0v) is 11.1. The number of halogens is 1. The van der Waals surface area contributed by atoms with E-state index in [1.807, 2.05) is 36.4 Å². The molecule has 0 spiro atoms. The van der Waals surface area contributed by atoms with Gasteiger partial charge in [-0.05, 0) is 30.7 Å². The topological polar surface area (TPSA) is 30.2 Å². The van der Waals surface area contributed by atoms with Crippen LogP contribution in [-0.2, 0) is 0 Å². The Morgan fingerprint density at radius 1 is 1.26 bits per heavy atom. The third-order valence-electron chi connectivity index (χ3n) is 2.38. The van der Waals surface area contributed by atoms with Gasteiger partial charge in [0.15, 0.2) is 0 Å². The van der Waals surface area contributed by atoms with Crippen molar-refractivity contribution in [3.05, 3.63) is 74.8 Å². The van der Waals surface area contributed by atoms with Crippen LogP contribution in [0.15, 0.2) is 51.7 Å². The molecule has 0 atom stereocenters. The highest BCUT2D eigenvalue weighted by molar-refractivity contribution is 6.31. The summed E-state index contributed by atoms with van der Waals surface area (Å²) in [6.45, 7) is 1.67. The predicted molar refractivity (Wildman–Crippen MR) is 77.1 cm³/mol. The number of benzene rings is 1. The lowest BCUT2D eigenvalue weighted by molar-refractivity contribution is 0.478. The summed E-state index contributed by atoms with van der Waals surface area (Å²) in [6.07, 6.45) is 3.53. The second kappa shape index (κ2) is 6.08. The van der Waals surface area contributed by atoms with Gasteiger partial charge in [0.1, 0.15) is 11.3 Å². The van der Waals surface area contributed by atoms with Crippen LogP contribution in [0.3, 0.4) is 0 Å². The highest BCUT2D eigenvalue weighted by Crippen LogP contribution is 2.12. The Labute approximate surface area is 116 Å². The van der Waals surface area contributed by atoms with E-state index < -0.39 is 5.63 Å². The summed E-state index contributed by atoms with van der Waals surface area (Å²) < 4.78 is 4.94. The van der Waals surface area contributed by atoms with Crippen molar-refractivity contribution >= 4 is 17.7 Å². The fourth-order valence-electron chi connectivity index (χ4n) is 1.50. The lowest BCUT2D eigenvalue weighted by Crippen LogP contribution is -2.05. The molecule has 1 aromatic heterocycles.